The number of rotatable bonds is 9. The van der Waals surface area contributed by atoms with Crippen molar-refractivity contribution in [3.63, 3.8) is 0 Å². The van der Waals surface area contributed by atoms with Gasteiger partial charge in [0, 0.05) is 36.5 Å². The Labute approximate surface area is 156 Å². The van der Waals surface area contributed by atoms with E-state index in [1.165, 1.54) is 11.3 Å². The van der Waals surface area contributed by atoms with Gasteiger partial charge in [0.2, 0.25) is 5.91 Å². The monoisotopic (exact) mass is 357 g/mol. The fourth-order valence-electron chi connectivity index (χ4n) is 3.05. The zero-order valence-electron chi connectivity index (χ0n) is 16.6. The number of nitrogens with one attached hydrogen (secondary N) is 1. The second kappa shape index (κ2) is 9.53. The van der Waals surface area contributed by atoms with Crippen LogP contribution in [0.25, 0.3) is 0 Å². The zero-order chi connectivity index (χ0) is 19.1. The number of hydrogen-bond donors (Lipinski definition) is 1. The zero-order valence-corrected chi connectivity index (χ0v) is 16.6. The lowest BCUT2D eigenvalue weighted by Gasteiger charge is -2.11. The van der Waals surface area contributed by atoms with Crippen LogP contribution in [0.2, 0.25) is 0 Å². The summed E-state index contributed by atoms with van der Waals surface area (Å²) in [6, 6.07) is 7.79. The fraction of sp³-hybridized carbons (Fsp3) is 0.524. The molecule has 0 fully saturated rings. The molecule has 0 aliphatic heterocycles. The standard InChI is InChI=1S/C21H31N3O2/c1-6-26-14-18-9-7-8-10-20(18)22-21(25)12-11-19-16(4)23-24(17(19)5)13-15(2)3/h7-10,15H,6,11-14H2,1-5H3,(H,22,25). The number of para-hydroxylation sites is 1. The Morgan fingerprint density at radius 2 is 2.00 bits per heavy atom. The molecule has 5 heteroatoms. The van der Waals surface area contributed by atoms with Gasteiger partial charge in [0.25, 0.3) is 0 Å². The Morgan fingerprint density at radius 3 is 2.69 bits per heavy atom. The average Bonchev–Trinajstić information content (AvgIpc) is 2.85. The number of nitrogens with zero attached hydrogens (tertiary/aromatic N) is 2. The maximum atomic E-state index is 12.4. The minimum absolute atomic E-state index is 0.0179. The molecule has 1 amide bonds. The maximum Gasteiger partial charge on any atom is 0.224 e. The molecular formula is C21H31N3O2. The molecule has 2 rings (SSSR count). The van der Waals surface area contributed by atoms with Crippen LogP contribution >= 0.6 is 0 Å². The summed E-state index contributed by atoms with van der Waals surface area (Å²) in [6.45, 7) is 12.5. The number of carbonyl (C=O) groups is 1. The van der Waals surface area contributed by atoms with Crippen LogP contribution in [0.5, 0.6) is 0 Å². The predicted molar refractivity (Wildman–Crippen MR) is 105 cm³/mol. The van der Waals surface area contributed by atoms with Gasteiger partial charge in [-0.3, -0.25) is 9.48 Å². The number of hydrogen-bond acceptors (Lipinski definition) is 3. The Morgan fingerprint density at radius 1 is 1.27 bits per heavy atom. The number of amides is 1. The van der Waals surface area contributed by atoms with Gasteiger partial charge in [0.1, 0.15) is 0 Å². The van der Waals surface area contributed by atoms with Gasteiger partial charge < -0.3 is 10.1 Å². The van der Waals surface area contributed by atoms with Crippen molar-refractivity contribution in [1.82, 2.24) is 9.78 Å². The molecule has 0 bridgehead atoms. The van der Waals surface area contributed by atoms with Crippen molar-refractivity contribution in [3.8, 4) is 0 Å². The van der Waals surface area contributed by atoms with E-state index < -0.39 is 0 Å². The van der Waals surface area contributed by atoms with Crippen LogP contribution in [-0.4, -0.2) is 22.3 Å². The van der Waals surface area contributed by atoms with E-state index in [9.17, 15) is 4.79 Å². The summed E-state index contributed by atoms with van der Waals surface area (Å²) >= 11 is 0. The highest BCUT2D eigenvalue weighted by Gasteiger charge is 2.14. The minimum Gasteiger partial charge on any atom is -0.377 e. The number of benzene rings is 1. The van der Waals surface area contributed by atoms with E-state index >= 15 is 0 Å². The summed E-state index contributed by atoms with van der Waals surface area (Å²) in [6.07, 6.45) is 1.15. The minimum atomic E-state index is 0.0179. The van der Waals surface area contributed by atoms with E-state index in [0.29, 0.717) is 32.0 Å². The lowest BCUT2D eigenvalue weighted by molar-refractivity contribution is -0.116. The van der Waals surface area contributed by atoms with Gasteiger partial charge in [-0.15, -0.1) is 0 Å². The Balaban J connectivity index is 1.99. The van der Waals surface area contributed by atoms with E-state index in [-0.39, 0.29) is 5.91 Å². The molecule has 1 heterocycles. The molecule has 0 aliphatic carbocycles. The highest BCUT2D eigenvalue weighted by atomic mass is 16.5. The molecule has 2 aromatic rings. The van der Waals surface area contributed by atoms with Crippen LogP contribution in [0.4, 0.5) is 5.69 Å². The third kappa shape index (κ3) is 5.43. The molecular weight excluding hydrogens is 326 g/mol. The normalized spacial score (nSPS) is 11.2. The van der Waals surface area contributed by atoms with E-state index in [2.05, 4.69) is 35.9 Å². The topological polar surface area (TPSA) is 56.1 Å². The first-order chi connectivity index (χ1) is 12.4. The highest BCUT2D eigenvalue weighted by Crippen LogP contribution is 2.19. The first-order valence-electron chi connectivity index (χ1n) is 9.40. The number of aromatic nitrogens is 2. The van der Waals surface area contributed by atoms with Gasteiger partial charge in [-0.1, -0.05) is 32.0 Å². The summed E-state index contributed by atoms with van der Waals surface area (Å²) in [7, 11) is 0. The second-order valence-corrected chi connectivity index (χ2v) is 7.07. The molecule has 0 spiro atoms. The summed E-state index contributed by atoms with van der Waals surface area (Å²) in [5.74, 6) is 0.565. The van der Waals surface area contributed by atoms with Crippen LogP contribution in [0.1, 0.15) is 49.7 Å². The number of ether oxygens (including phenoxy) is 1. The first kappa shape index (κ1) is 20.2. The molecule has 0 aliphatic rings. The average molecular weight is 357 g/mol. The van der Waals surface area contributed by atoms with Crippen LogP contribution in [0, 0.1) is 19.8 Å². The van der Waals surface area contributed by atoms with Gasteiger partial charge in [-0.05, 0) is 44.7 Å². The molecule has 1 aromatic heterocycles. The van der Waals surface area contributed by atoms with Gasteiger partial charge in [-0.2, -0.15) is 5.10 Å². The van der Waals surface area contributed by atoms with Gasteiger partial charge >= 0.3 is 0 Å². The predicted octanol–water partition coefficient (Wildman–Crippen LogP) is 4.26. The fourth-order valence-corrected chi connectivity index (χ4v) is 3.05. The summed E-state index contributed by atoms with van der Waals surface area (Å²) in [4.78, 5) is 12.4. The largest absolute Gasteiger partial charge is 0.377 e. The van der Waals surface area contributed by atoms with E-state index in [0.717, 1.165) is 23.5 Å². The number of aryl methyl sites for hydroxylation is 1. The smallest absolute Gasteiger partial charge is 0.224 e. The third-order valence-electron chi connectivity index (χ3n) is 4.42. The van der Waals surface area contributed by atoms with Crippen LogP contribution in [0.15, 0.2) is 24.3 Å². The van der Waals surface area contributed by atoms with Crippen LogP contribution < -0.4 is 5.32 Å². The molecule has 142 valence electrons. The second-order valence-electron chi connectivity index (χ2n) is 7.07. The quantitative estimate of drug-likeness (QED) is 0.729. The first-order valence-corrected chi connectivity index (χ1v) is 9.40. The lowest BCUT2D eigenvalue weighted by atomic mass is 10.1. The van der Waals surface area contributed by atoms with E-state index in [4.69, 9.17) is 4.74 Å². The molecule has 0 saturated heterocycles. The Bertz CT molecular complexity index is 735. The van der Waals surface area contributed by atoms with Crippen LogP contribution in [0.3, 0.4) is 0 Å². The molecule has 1 aromatic carbocycles. The molecule has 1 N–H and O–H groups in total. The summed E-state index contributed by atoms with van der Waals surface area (Å²) in [5, 5.41) is 7.65. The lowest BCUT2D eigenvalue weighted by Crippen LogP contribution is -2.14. The van der Waals surface area contributed by atoms with E-state index in [1.54, 1.807) is 0 Å². The Kier molecular flexibility index (Phi) is 7.39. The number of anilines is 1. The molecule has 0 unspecified atom stereocenters. The van der Waals surface area contributed by atoms with Crippen molar-refractivity contribution in [3.05, 3.63) is 46.8 Å². The molecule has 0 atom stereocenters. The van der Waals surface area contributed by atoms with Gasteiger partial charge in [0.15, 0.2) is 0 Å². The van der Waals surface area contributed by atoms with Crippen LogP contribution in [-0.2, 0) is 29.1 Å². The highest BCUT2D eigenvalue weighted by molar-refractivity contribution is 5.91. The number of carbonyl (C=O) groups excluding carboxylic acids is 1. The third-order valence-corrected chi connectivity index (χ3v) is 4.42. The van der Waals surface area contributed by atoms with Crippen molar-refractivity contribution in [2.45, 2.75) is 60.6 Å². The molecule has 0 radical (unpaired) electrons. The van der Waals surface area contributed by atoms with Gasteiger partial charge in [-0.25, -0.2) is 0 Å². The van der Waals surface area contributed by atoms with E-state index in [1.807, 2.05) is 38.1 Å². The SMILES string of the molecule is CCOCc1ccccc1NC(=O)CCc1c(C)nn(CC(C)C)c1C. The molecule has 5 nitrogen and oxygen atoms in total. The van der Waals surface area contributed by atoms with Crippen molar-refractivity contribution in [2.75, 3.05) is 11.9 Å². The Hall–Kier alpha value is -2.14. The van der Waals surface area contributed by atoms with Gasteiger partial charge in [0.05, 0.1) is 12.3 Å². The molecule has 0 saturated carbocycles. The van der Waals surface area contributed by atoms with Crippen molar-refractivity contribution < 1.29 is 9.53 Å². The summed E-state index contributed by atoms with van der Waals surface area (Å²) < 4.78 is 7.53. The van der Waals surface area contributed by atoms with Crippen molar-refractivity contribution in [1.29, 1.82) is 0 Å². The van der Waals surface area contributed by atoms with Crippen molar-refractivity contribution in [2.24, 2.45) is 5.92 Å². The maximum absolute atomic E-state index is 12.4. The summed E-state index contributed by atoms with van der Waals surface area (Å²) in [5.41, 5.74) is 5.20. The van der Waals surface area contributed by atoms with Crippen molar-refractivity contribution >= 4 is 11.6 Å². The molecule has 26 heavy (non-hydrogen) atoms.